The summed E-state index contributed by atoms with van der Waals surface area (Å²) in [4.78, 5) is 0. The van der Waals surface area contributed by atoms with Gasteiger partial charge < -0.3 is 5.32 Å². The molecule has 0 aliphatic heterocycles. The lowest BCUT2D eigenvalue weighted by Gasteiger charge is -2.23. The summed E-state index contributed by atoms with van der Waals surface area (Å²) in [6.07, 6.45) is 0. The lowest BCUT2D eigenvalue weighted by Crippen LogP contribution is -2.24. The molecule has 20 heavy (non-hydrogen) atoms. The summed E-state index contributed by atoms with van der Waals surface area (Å²) < 4.78 is 13.6. The summed E-state index contributed by atoms with van der Waals surface area (Å²) >= 11 is 0. The van der Waals surface area contributed by atoms with Crippen molar-refractivity contribution in [2.24, 2.45) is 0 Å². The molecule has 1 nitrogen and oxygen atoms in total. The highest BCUT2D eigenvalue weighted by atomic mass is 19.1. The smallest absolute Gasteiger partial charge is 0.123 e. The average molecular weight is 271 g/mol. The van der Waals surface area contributed by atoms with E-state index in [4.69, 9.17) is 0 Å². The van der Waals surface area contributed by atoms with Gasteiger partial charge in [-0.05, 0) is 67.3 Å². The van der Waals surface area contributed by atoms with Gasteiger partial charge in [-0.2, -0.15) is 0 Å². The normalized spacial score (nSPS) is 12.4. The van der Waals surface area contributed by atoms with Crippen LogP contribution in [0.3, 0.4) is 0 Å². The van der Waals surface area contributed by atoms with Gasteiger partial charge in [-0.15, -0.1) is 0 Å². The molecule has 2 aromatic carbocycles. The van der Waals surface area contributed by atoms with Gasteiger partial charge in [0, 0.05) is 0 Å². The lowest BCUT2D eigenvalue weighted by molar-refractivity contribution is 0.599. The van der Waals surface area contributed by atoms with Crippen LogP contribution in [0.15, 0.2) is 36.4 Å². The van der Waals surface area contributed by atoms with Crippen LogP contribution in [-0.4, -0.2) is 6.54 Å². The first-order valence-corrected chi connectivity index (χ1v) is 7.10. The van der Waals surface area contributed by atoms with Crippen molar-refractivity contribution in [3.8, 4) is 0 Å². The molecule has 0 saturated heterocycles. The van der Waals surface area contributed by atoms with Crippen molar-refractivity contribution in [3.05, 3.63) is 70.0 Å². The van der Waals surface area contributed by atoms with Crippen LogP contribution in [0.25, 0.3) is 0 Å². The fourth-order valence-electron chi connectivity index (χ4n) is 2.60. The maximum Gasteiger partial charge on any atom is 0.123 e. The van der Waals surface area contributed by atoms with E-state index >= 15 is 0 Å². The molecule has 1 unspecified atom stereocenters. The summed E-state index contributed by atoms with van der Waals surface area (Å²) in [5.74, 6) is -0.182. The Labute approximate surface area is 120 Å². The number of hydrogen-bond donors (Lipinski definition) is 1. The first-order valence-electron chi connectivity index (χ1n) is 7.10. The van der Waals surface area contributed by atoms with E-state index < -0.39 is 0 Å². The van der Waals surface area contributed by atoms with Crippen LogP contribution >= 0.6 is 0 Å². The molecule has 0 heterocycles. The third-order valence-corrected chi connectivity index (χ3v) is 3.92. The standard InChI is InChI=1S/C18H22FN/c1-5-20-18(16-8-6-7-12(2)14(16)4)17-11-15(19)10-9-13(17)3/h6-11,18,20H,5H2,1-4H3. The molecule has 0 bridgehead atoms. The van der Waals surface area contributed by atoms with Gasteiger partial charge in [0.15, 0.2) is 0 Å². The molecule has 0 aromatic heterocycles. The fraction of sp³-hybridized carbons (Fsp3) is 0.333. The molecule has 0 aliphatic rings. The van der Waals surface area contributed by atoms with E-state index in [1.807, 2.05) is 13.0 Å². The third kappa shape index (κ3) is 2.91. The number of benzene rings is 2. The van der Waals surface area contributed by atoms with Gasteiger partial charge in [-0.1, -0.05) is 31.2 Å². The largest absolute Gasteiger partial charge is 0.307 e. The summed E-state index contributed by atoms with van der Waals surface area (Å²) in [5.41, 5.74) is 5.88. The highest BCUT2D eigenvalue weighted by Gasteiger charge is 2.18. The van der Waals surface area contributed by atoms with Crippen molar-refractivity contribution >= 4 is 0 Å². The number of nitrogens with one attached hydrogen (secondary N) is 1. The van der Waals surface area contributed by atoms with Crippen molar-refractivity contribution in [2.75, 3.05) is 6.54 Å². The van der Waals surface area contributed by atoms with Crippen molar-refractivity contribution in [1.82, 2.24) is 5.32 Å². The van der Waals surface area contributed by atoms with Crippen LogP contribution in [0.2, 0.25) is 0 Å². The van der Waals surface area contributed by atoms with Crippen LogP contribution in [0.4, 0.5) is 4.39 Å². The van der Waals surface area contributed by atoms with Crippen LogP contribution in [0, 0.1) is 26.6 Å². The Kier molecular flexibility index (Phi) is 4.56. The van der Waals surface area contributed by atoms with Crippen LogP contribution < -0.4 is 5.32 Å². The number of rotatable bonds is 4. The molecule has 1 N–H and O–H groups in total. The van der Waals surface area contributed by atoms with E-state index in [0.717, 1.165) is 17.7 Å². The molecule has 0 aliphatic carbocycles. The summed E-state index contributed by atoms with van der Waals surface area (Å²) in [7, 11) is 0. The molecule has 106 valence electrons. The Balaban J connectivity index is 2.56. The summed E-state index contributed by atoms with van der Waals surface area (Å²) in [5, 5.41) is 3.48. The maximum absolute atomic E-state index is 13.6. The topological polar surface area (TPSA) is 12.0 Å². The number of halogens is 1. The van der Waals surface area contributed by atoms with Crippen LogP contribution in [0.5, 0.6) is 0 Å². The molecule has 0 saturated carbocycles. The SMILES string of the molecule is CCNC(c1cc(F)ccc1C)c1cccc(C)c1C. The van der Waals surface area contributed by atoms with E-state index in [-0.39, 0.29) is 11.9 Å². The second-order valence-electron chi connectivity index (χ2n) is 5.28. The summed E-state index contributed by atoms with van der Waals surface area (Å²) in [6, 6.07) is 11.3. The summed E-state index contributed by atoms with van der Waals surface area (Å²) in [6.45, 7) is 9.19. The molecule has 2 aromatic rings. The Morgan fingerprint density at radius 1 is 1.00 bits per heavy atom. The van der Waals surface area contributed by atoms with E-state index in [2.05, 4.69) is 44.3 Å². The highest BCUT2D eigenvalue weighted by molar-refractivity contribution is 5.43. The van der Waals surface area contributed by atoms with Gasteiger partial charge in [0.05, 0.1) is 6.04 Å². The van der Waals surface area contributed by atoms with Gasteiger partial charge in [0.25, 0.3) is 0 Å². The number of aryl methyl sites for hydroxylation is 2. The first kappa shape index (κ1) is 14.7. The van der Waals surface area contributed by atoms with Crippen molar-refractivity contribution in [3.63, 3.8) is 0 Å². The van der Waals surface area contributed by atoms with E-state index in [9.17, 15) is 4.39 Å². The monoisotopic (exact) mass is 271 g/mol. The predicted molar refractivity (Wildman–Crippen MR) is 82.6 cm³/mol. The third-order valence-electron chi connectivity index (χ3n) is 3.92. The first-order chi connectivity index (χ1) is 9.54. The second kappa shape index (κ2) is 6.19. The molecular weight excluding hydrogens is 249 g/mol. The minimum Gasteiger partial charge on any atom is -0.307 e. The molecule has 2 rings (SSSR count). The second-order valence-corrected chi connectivity index (χ2v) is 5.28. The molecule has 1 atom stereocenters. The highest BCUT2D eigenvalue weighted by Crippen LogP contribution is 2.29. The van der Waals surface area contributed by atoms with Crippen molar-refractivity contribution in [2.45, 2.75) is 33.7 Å². The van der Waals surface area contributed by atoms with Gasteiger partial charge in [0.1, 0.15) is 5.82 Å². The molecular formula is C18H22FN. The fourth-order valence-corrected chi connectivity index (χ4v) is 2.60. The van der Waals surface area contributed by atoms with E-state index in [1.165, 1.54) is 22.8 Å². The molecule has 0 amide bonds. The minimum absolute atomic E-state index is 0.0376. The quantitative estimate of drug-likeness (QED) is 0.866. The average Bonchev–Trinajstić information content (AvgIpc) is 2.43. The maximum atomic E-state index is 13.6. The van der Waals surface area contributed by atoms with Gasteiger partial charge in [-0.25, -0.2) is 4.39 Å². The zero-order valence-corrected chi connectivity index (χ0v) is 12.6. The van der Waals surface area contributed by atoms with Gasteiger partial charge in [-0.3, -0.25) is 0 Å². The molecule has 2 heteroatoms. The Bertz CT molecular complexity index is 602. The minimum atomic E-state index is -0.182. The van der Waals surface area contributed by atoms with Crippen LogP contribution in [0.1, 0.15) is 40.8 Å². The lowest BCUT2D eigenvalue weighted by atomic mass is 9.90. The molecule has 0 fully saturated rings. The zero-order chi connectivity index (χ0) is 14.7. The molecule has 0 spiro atoms. The van der Waals surface area contributed by atoms with E-state index in [1.54, 1.807) is 6.07 Å². The predicted octanol–water partition coefficient (Wildman–Crippen LogP) is 4.45. The van der Waals surface area contributed by atoms with Gasteiger partial charge in [0.2, 0.25) is 0 Å². The molecule has 0 radical (unpaired) electrons. The van der Waals surface area contributed by atoms with Crippen molar-refractivity contribution < 1.29 is 4.39 Å². The Morgan fingerprint density at radius 3 is 2.45 bits per heavy atom. The van der Waals surface area contributed by atoms with Crippen molar-refractivity contribution in [1.29, 1.82) is 0 Å². The zero-order valence-electron chi connectivity index (χ0n) is 12.6. The van der Waals surface area contributed by atoms with Crippen LogP contribution in [-0.2, 0) is 0 Å². The van der Waals surface area contributed by atoms with E-state index in [0.29, 0.717) is 0 Å². The van der Waals surface area contributed by atoms with Gasteiger partial charge >= 0.3 is 0 Å². The Hall–Kier alpha value is -1.67. The Morgan fingerprint density at radius 2 is 1.75 bits per heavy atom. The number of hydrogen-bond acceptors (Lipinski definition) is 1.